The second kappa shape index (κ2) is 5.83. The summed E-state index contributed by atoms with van der Waals surface area (Å²) in [5.41, 5.74) is 3.11. The van der Waals surface area contributed by atoms with E-state index in [2.05, 4.69) is 50.0 Å². The maximum atomic E-state index is 5.77. The van der Waals surface area contributed by atoms with Gasteiger partial charge in [0.1, 0.15) is 0 Å². The summed E-state index contributed by atoms with van der Waals surface area (Å²) >= 11 is 0. The minimum atomic E-state index is 0.0883. The first kappa shape index (κ1) is 14.8. The second-order valence-corrected chi connectivity index (χ2v) is 7.31. The summed E-state index contributed by atoms with van der Waals surface area (Å²) in [6.45, 7) is 6.46. The van der Waals surface area contributed by atoms with Gasteiger partial charge in [0.2, 0.25) is 0 Å². The van der Waals surface area contributed by atoms with Crippen LogP contribution in [-0.2, 0) is 0 Å². The van der Waals surface area contributed by atoms with E-state index in [1.165, 1.54) is 25.7 Å². The number of hydrogen-bond acceptors (Lipinski definition) is 3. The molecule has 0 radical (unpaired) electrons. The molecule has 0 aromatic rings. The summed E-state index contributed by atoms with van der Waals surface area (Å²) in [6, 6.07) is 1.90. The maximum absolute atomic E-state index is 5.77. The third-order valence-electron chi connectivity index (χ3n) is 4.70. The summed E-state index contributed by atoms with van der Waals surface area (Å²) in [7, 11) is 2.28. The minimum Gasteiger partial charge on any atom is -0.300 e. The fourth-order valence-corrected chi connectivity index (χ4v) is 3.57. The van der Waals surface area contributed by atoms with E-state index in [1.807, 2.05) is 0 Å². The van der Waals surface area contributed by atoms with E-state index in [0.717, 1.165) is 18.5 Å². The summed E-state index contributed by atoms with van der Waals surface area (Å²) in [5.74, 6) is 13.1. The van der Waals surface area contributed by atoms with Crippen LogP contribution < -0.4 is 11.3 Å². The number of hydrazine groups is 1. The van der Waals surface area contributed by atoms with Gasteiger partial charge >= 0.3 is 0 Å². The molecule has 2 saturated heterocycles. The molecular formula is C16H29N3. The third kappa shape index (κ3) is 3.72. The van der Waals surface area contributed by atoms with Crippen molar-refractivity contribution in [3.8, 4) is 11.8 Å². The molecule has 0 saturated carbocycles. The Hall–Kier alpha value is -0.560. The topological polar surface area (TPSA) is 41.3 Å². The lowest BCUT2D eigenvalue weighted by molar-refractivity contribution is 0.113. The predicted molar refractivity (Wildman–Crippen MR) is 80.3 cm³/mol. The molecule has 2 bridgehead atoms. The fraction of sp³-hybridized carbons (Fsp3) is 0.875. The molecule has 2 aliphatic rings. The highest BCUT2D eigenvalue weighted by Gasteiger charge is 2.40. The number of piperidine rings is 1. The van der Waals surface area contributed by atoms with E-state index in [0.29, 0.717) is 12.0 Å². The molecule has 0 aromatic carbocycles. The van der Waals surface area contributed by atoms with Gasteiger partial charge in [0.05, 0.1) is 0 Å². The van der Waals surface area contributed by atoms with Crippen molar-refractivity contribution in [2.45, 2.75) is 71.0 Å². The van der Waals surface area contributed by atoms with Crippen molar-refractivity contribution in [3.63, 3.8) is 0 Å². The van der Waals surface area contributed by atoms with Crippen molar-refractivity contribution in [1.29, 1.82) is 0 Å². The first-order valence-electron chi connectivity index (χ1n) is 7.59. The van der Waals surface area contributed by atoms with Crippen LogP contribution in [0.4, 0.5) is 0 Å². The van der Waals surface area contributed by atoms with Gasteiger partial charge in [-0.15, -0.1) is 5.92 Å². The second-order valence-electron chi connectivity index (χ2n) is 7.31. The summed E-state index contributed by atoms with van der Waals surface area (Å²) in [4.78, 5) is 2.57. The van der Waals surface area contributed by atoms with Gasteiger partial charge in [0, 0.05) is 30.0 Å². The smallest absolute Gasteiger partial charge is 0.0349 e. The fourth-order valence-electron chi connectivity index (χ4n) is 3.57. The zero-order valence-corrected chi connectivity index (χ0v) is 12.9. The third-order valence-corrected chi connectivity index (χ3v) is 4.70. The van der Waals surface area contributed by atoms with E-state index in [-0.39, 0.29) is 5.41 Å². The highest BCUT2D eigenvalue weighted by atomic mass is 15.2. The summed E-state index contributed by atoms with van der Waals surface area (Å²) < 4.78 is 0. The van der Waals surface area contributed by atoms with Crippen molar-refractivity contribution in [1.82, 2.24) is 10.3 Å². The molecule has 3 unspecified atom stereocenters. The van der Waals surface area contributed by atoms with Gasteiger partial charge in [-0.2, -0.15) is 0 Å². The first-order valence-corrected chi connectivity index (χ1v) is 7.59. The number of fused-ring (bicyclic) bond motifs is 2. The van der Waals surface area contributed by atoms with Crippen LogP contribution in [0.25, 0.3) is 0 Å². The van der Waals surface area contributed by atoms with E-state index in [9.17, 15) is 0 Å². The van der Waals surface area contributed by atoms with Gasteiger partial charge in [-0.1, -0.05) is 5.92 Å². The Morgan fingerprint density at radius 3 is 2.32 bits per heavy atom. The Morgan fingerprint density at radius 2 is 1.84 bits per heavy atom. The maximum Gasteiger partial charge on any atom is 0.0349 e. The van der Waals surface area contributed by atoms with Gasteiger partial charge in [-0.05, 0) is 59.4 Å². The largest absolute Gasteiger partial charge is 0.300 e. The Labute approximate surface area is 118 Å². The molecule has 2 fully saturated rings. The molecule has 3 atom stereocenters. The molecule has 19 heavy (non-hydrogen) atoms. The molecule has 3 heteroatoms. The zero-order chi connectivity index (χ0) is 14.0. The molecule has 2 heterocycles. The van der Waals surface area contributed by atoms with E-state index >= 15 is 0 Å². The van der Waals surface area contributed by atoms with E-state index in [1.54, 1.807) is 0 Å². The van der Waals surface area contributed by atoms with Gasteiger partial charge in [-0.3, -0.25) is 11.3 Å². The van der Waals surface area contributed by atoms with Crippen molar-refractivity contribution >= 4 is 0 Å². The minimum absolute atomic E-state index is 0.0883. The van der Waals surface area contributed by atoms with Crippen molar-refractivity contribution in [3.05, 3.63) is 0 Å². The van der Waals surface area contributed by atoms with E-state index < -0.39 is 0 Å². The van der Waals surface area contributed by atoms with Crippen LogP contribution in [0.5, 0.6) is 0 Å². The van der Waals surface area contributed by atoms with Crippen LogP contribution in [-0.4, -0.2) is 30.1 Å². The quantitative estimate of drug-likeness (QED) is 0.466. The van der Waals surface area contributed by atoms with Gasteiger partial charge < -0.3 is 4.90 Å². The van der Waals surface area contributed by atoms with Crippen molar-refractivity contribution < 1.29 is 0 Å². The lowest BCUT2D eigenvalue weighted by atomic mass is 9.84. The van der Waals surface area contributed by atoms with Crippen LogP contribution >= 0.6 is 0 Å². The van der Waals surface area contributed by atoms with Gasteiger partial charge in [-0.25, -0.2) is 0 Å². The van der Waals surface area contributed by atoms with E-state index in [4.69, 9.17) is 5.84 Å². The van der Waals surface area contributed by atoms with Crippen molar-refractivity contribution in [2.24, 2.45) is 17.2 Å². The molecular weight excluding hydrogens is 234 g/mol. The van der Waals surface area contributed by atoms with Crippen molar-refractivity contribution in [2.75, 3.05) is 7.05 Å². The Balaban J connectivity index is 1.93. The standard InChI is InChI=1S/C16H29N3/c1-16(2,3)9-5-6-15(18-17)12-10-13-7-8-14(11-12)19(13)4/h12-15,18H,6-8,10-11,17H2,1-4H3. The average molecular weight is 263 g/mol. The molecule has 0 aromatic heterocycles. The Bertz CT molecular complexity index is 346. The molecule has 108 valence electrons. The lowest BCUT2D eigenvalue weighted by Gasteiger charge is -2.39. The molecule has 2 rings (SSSR count). The average Bonchev–Trinajstić information content (AvgIpc) is 2.56. The normalized spacial score (nSPS) is 32.8. The predicted octanol–water partition coefficient (Wildman–Crippen LogP) is 2.13. The molecule has 0 amide bonds. The van der Waals surface area contributed by atoms with Crippen LogP contribution in [0, 0.1) is 23.2 Å². The highest BCUT2D eigenvalue weighted by Crippen LogP contribution is 2.39. The highest BCUT2D eigenvalue weighted by molar-refractivity contribution is 5.09. The molecule has 0 spiro atoms. The summed E-state index contributed by atoms with van der Waals surface area (Å²) in [5, 5.41) is 0. The summed E-state index contributed by atoms with van der Waals surface area (Å²) in [6.07, 6.45) is 6.16. The zero-order valence-electron chi connectivity index (χ0n) is 12.9. The van der Waals surface area contributed by atoms with Gasteiger partial charge in [0.25, 0.3) is 0 Å². The molecule has 0 aliphatic carbocycles. The van der Waals surface area contributed by atoms with Crippen LogP contribution in [0.3, 0.4) is 0 Å². The molecule has 2 aliphatic heterocycles. The number of nitrogens with two attached hydrogens (primary N) is 1. The van der Waals surface area contributed by atoms with Crippen LogP contribution in [0.1, 0.15) is 52.9 Å². The van der Waals surface area contributed by atoms with Crippen LogP contribution in [0.15, 0.2) is 0 Å². The van der Waals surface area contributed by atoms with Gasteiger partial charge in [0.15, 0.2) is 0 Å². The van der Waals surface area contributed by atoms with Crippen LogP contribution in [0.2, 0.25) is 0 Å². The molecule has 3 N–H and O–H groups in total. The lowest BCUT2D eigenvalue weighted by Crippen LogP contribution is -2.48. The number of hydrogen-bond donors (Lipinski definition) is 2. The SMILES string of the molecule is CN1C2CCC1CC(C(CC#CC(C)(C)C)NN)C2. The monoisotopic (exact) mass is 263 g/mol. The Morgan fingerprint density at radius 1 is 1.26 bits per heavy atom. The number of nitrogens with zero attached hydrogens (tertiary/aromatic N) is 1. The first-order chi connectivity index (χ1) is 8.90. The molecule has 3 nitrogen and oxygen atoms in total. The number of nitrogens with one attached hydrogen (secondary N) is 1. The number of rotatable bonds is 3. The Kier molecular flexibility index (Phi) is 4.55.